The number of benzene rings is 2. The number of carbonyl (C=O) groups is 1. The Morgan fingerprint density at radius 2 is 1.70 bits per heavy atom. The van der Waals surface area contributed by atoms with Gasteiger partial charge in [-0.3, -0.25) is 4.79 Å². The van der Waals surface area contributed by atoms with Crippen molar-refractivity contribution in [2.45, 2.75) is 6.92 Å². The third-order valence-electron chi connectivity index (χ3n) is 3.67. The van der Waals surface area contributed by atoms with E-state index in [1.54, 1.807) is 12.1 Å². The summed E-state index contributed by atoms with van der Waals surface area (Å²) in [6, 6.07) is 12.7. The normalized spacial score (nSPS) is 11.7. The average Bonchev–Trinajstić information content (AvgIpc) is 3.11. The quantitative estimate of drug-likeness (QED) is 0.634. The Balaban J connectivity index is 1.45. The molecule has 1 amide bonds. The van der Waals surface area contributed by atoms with Crippen molar-refractivity contribution >= 4 is 34.7 Å². The van der Waals surface area contributed by atoms with Gasteiger partial charge in [0.05, 0.1) is 6.20 Å². The predicted octanol–water partition coefficient (Wildman–Crippen LogP) is 3.05. The van der Waals surface area contributed by atoms with Gasteiger partial charge in [-0.15, -0.1) is 5.10 Å². The third kappa shape index (κ3) is 4.03. The summed E-state index contributed by atoms with van der Waals surface area (Å²) in [5.74, 6) is 2.14. The molecular formula is C18H16N6O3. The van der Waals surface area contributed by atoms with Crippen molar-refractivity contribution in [2.24, 2.45) is 0 Å². The second-order valence-electron chi connectivity index (χ2n) is 5.74. The van der Waals surface area contributed by atoms with E-state index in [2.05, 4.69) is 31.1 Å². The molecule has 1 aromatic heterocycles. The average molecular weight is 364 g/mol. The summed E-state index contributed by atoms with van der Waals surface area (Å²) in [6.45, 7) is 1.69. The van der Waals surface area contributed by atoms with Gasteiger partial charge in [0.1, 0.15) is 0 Å². The number of hydrogen-bond donors (Lipinski definition) is 3. The number of aromatic nitrogens is 3. The molecule has 9 nitrogen and oxygen atoms in total. The lowest BCUT2D eigenvalue weighted by molar-refractivity contribution is -0.114. The minimum atomic E-state index is -0.120. The van der Waals surface area contributed by atoms with E-state index in [9.17, 15) is 4.79 Å². The number of anilines is 5. The zero-order valence-corrected chi connectivity index (χ0v) is 14.4. The number of carbonyl (C=O) groups excluding carboxylic acids is 1. The van der Waals surface area contributed by atoms with Crippen LogP contribution < -0.4 is 25.4 Å². The van der Waals surface area contributed by atoms with Gasteiger partial charge in [-0.2, -0.15) is 10.1 Å². The van der Waals surface area contributed by atoms with Crippen LogP contribution in [0.15, 0.2) is 48.7 Å². The highest BCUT2D eigenvalue weighted by Crippen LogP contribution is 2.34. The van der Waals surface area contributed by atoms with E-state index in [4.69, 9.17) is 9.47 Å². The number of ether oxygens (including phenoxy) is 2. The second-order valence-corrected chi connectivity index (χ2v) is 5.74. The molecule has 0 fully saturated rings. The highest BCUT2D eigenvalue weighted by atomic mass is 16.7. The molecule has 1 aliphatic heterocycles. The van der Waals surface area contributed by atoms with Gasteiger partial charge >= 0.3 is 0 Å². The van der Waals surface area contributed by atoms with Gasteiger partial charge < -0.3 is 25.4 Å². The standard InChI is InChI=1S/C18H16N6O3/c1-11(25)20-12-2-4-13(5-3-12)22-18-23-17(9-19-24-18)21-14-6-7-15-16(8-14)27-10-26-15/h2-9H,10H2,1H3,(H,20,25)(H2,21,22,23,24). The van der Waals surface area contributed by atoms with Crippen molar-refractivity contribution in [3.05, 3.63) is 48.7 Å². The highest BCUT2D eigenvalue weighted by molar-refractivity contribution is 5.88. The first kappa shape index (κ1) is 16.6. The number of nitrogens with zero attached hydrogens (tertiary/aromatic N) is 3. The molecule has 9 heteroatoms. The van der Waals surface area contributed by atoms with Gasteiger partial charge in [-0.25, -0.2) is 0 Å². The van der Waals surface area contributed by atoms with Crippen LogP contribution in [0.1, 0.15) is 6.92 Å². The molecule has 0 unspecified atom stereocenters. The van der Waals surface area contributed by atoms with Crippen LogP contribution in [0, 0.1) is 0 Å². The van der Waals surface area contributed by atoms with Crippen molar-refractivity contribution in [2.75, 3.05) is 22.7 Å². The maximum atomic E-state index is 11.1. The van der Waals surface area contributed by atoms with Crippen LogP contribution in [0.4, 0.5) is 28.8 Å². The first-order valence-electron chi connectivity index (χ1n) is 8.17. The van der Waals surface area contributed by atoms with Crippen LogP contribution in [0.2, 0.25) is 0 Å². The number of amides is 1. The van der Waals surface area contributed by atoms with E-state index >= 15 is 0 Å². The maximum Gasteiger partial charge on any atom is 0.249 e. The zero-order chi connectivity index (χ0) is 18.6. The largest absolute Gasteiger partial charge is 0.454 e. The van der Waals surface area contributed by atoms with Crippen molar-refractivity contribution < 1.29 is 14.3 Å². The van der Waals surface area contributed by atoms with Gasteiger partial charge in [0, 0.05) is 30.1 Å². The van der Waals surface area contributed by atoms with Crippen molar-refractivity contribution in [1.82, 2.24) is 15.2 Å². The minimum Gasteiger partial charge on any atom is -0.454 e. The van der Waals surface area contributed by atoms with E-state index in [1.807, 2.05) is 30.3 Å². The second kappa shape index (κ2) is 7.16. The summed E-state index contributed by atoms with van der Waals surface area (Å²) < 4.78 is 10.7. The summed E-state index contributed by atoms with van der Waals surface area (Å²) in [5.41, 5.74) is 2.28. The summed E-state index contributed by atoms with van der Waals surface area (Å²) >= 11 is 0. The molecule has 3 N–H and O–H groups in total. The van der Waals surface area contributed by atoms with E-state index in [0.29, 0.717) is 29.0 Å². The minimum absolute atomic E-state index is 0.120. The molecule has 0 saturated carbocycles. The Kier molecular flexibility index (Phi) is 4.40. The molecule has 27 heavy (non-hydrogen) atoms. The molecule has 0 spiro atoms. The first-order valence-corrected chi connectivity index (χ1v) is 8.17. The van der Waals surface area contributed by atoms with Crippen molar-refractivity contribution in [3.8, 4) is 11.5 Å². The monoisotopic (exact) mass is 364 g/mol. The van der Waals surface area contributed by atoms with Gasteiger partial charge in [-0.05, 0) is 36.4 Å². The Morgan fingerprint density at radius 1 is 0.963 bits per heavy atom. The first-order chi connectivity index (χ1) is 13.2. The molecule has 0 atom stereocenters. The smallest absolute Gasteiger partial charge is 0.249 e. The van der Waals surface area contributed by atoms with E-state index in [-0.39, 0.29) is 12.7 Å². The number of fused-ring (bicyclic) bond motifs is 1. The summed E-state index contributed by atoms with van der Waals surface area (Å²) in [5, 5.41) is 16.9. The van der Waals surface area contributed by atoms with E-state index < -0.39 is 0 Å². The van der Waals surface area contributed by atoms with E-state index in [1.165, 1.54) is 13.1 Å². The fourth-order valence-corrected chi connectivity index (χ4v) is 2.51. The molecule has 1 aliphatic rings. The number of hydrogen-bond acceptors (Lipinski definition) is 8. The van der Waals surface area contributed by atoms with Crippen LogP contribution in [-0.4, -0.2) is 27.9 Å². The molecule has 3 aromatic rings. The SMILES string of the molecule is CC(=O)Nc1ccc(Nc2nncc(Nc3ccc4c(c3)OCO4)n2)cc1. The fraction of sp³-hybridized carbons (Fsp3) is 0.111. The maximum absolute atomic E-state index is 11.1. The van der Waals surface area contributed by atoms with Crippen LogP contribution in [0.3, 0.4) is 0 Å². The molecular weight excluding hydrogens is 348 g/mol. The zero-order valence-electron chi connectivity index (χ0n) is 14.4. The summed E-state index contributed by atoms with van der Waals surface area (Å²) in [7, 11) is 0. The van der Waals surface area contributed by atoms with Crippen molar-refractivity contribution in [1.29, 1.82) is 0 Å². The molecule has 0 bridgehead atoms. The van der Waals surface area contributed by atoms with Crippen LogP contribution >= 0.6 is 0 Å². The van der Waals surface area contributed by atoms with Crippen LogP contribution in [-0.2, 0) is 4.79 Å². The van der Waals surface area contributed by atoms with Crippen molar-refractivity contribution in [3.63, 3.8) is 0 Å². The number of rotatable bonds is 5. The van der Waals surface area contributed by atoms with Gasteiger partial charge in [-0.1, -0.05) is 0 Å². The number of nitrogens with one attached hydrogen (secondary N) is 3. The van der Waals surface area contributed by atoms with Crippen LogP contribution in [0.5, 0.6) is 11.5 Å². The fourth-order valence-electron chi connectivity index (χ4n) is 2.51. The molecule has 136 valence electrons. The van der Waals surface area contributed by atoms with Crippen LogP contribution in [0.25, 0.3) is 0 Å². The van der Waals surface area contributed by atoms with Gasteiger partial charge in [0.15, 0.2) is 17.3 Å². The lowest BCUT2D eigenvalue weighted by Crippen LogP contribution is -2.06. The van der Waals surface area contributed by atoms with Gasteiger partial charge in [0.2, 0.25) is 18.6 Å². The Bertz CT molecular complexity index is 977. The summed E-state index contributed by atoms with van der Waals surface area (Å²) in [6.07, 6.45) is 1.52. The molecule has 2 aromatic carbocycles. The lowest BCUT2D eigenvalue weighted by Gasteiger charge is -2.09. The lowest BCUT2D eigenvalue weighted by atomic mass is 10.3. The Labute approximate surface area is 154 Å². The molecule has 0 radical (unpaired) electrons. The van der Waals surface area contributed by atoms with Gasteiger partial charge in [0.25, 0.3) is 0 Å². The molecule has 4 rings (SSSR count). The molecule has 0 saturated heterocycles. The molecule has 0 aliphatic carbocycles. The molecule has 2 heterocycles. The third-order valence-corrected chi connectivity index (χ3v) is 3.67. The highest BCUT2D eigenvalue weighted by Gasteiger charge is 2.13. The summed E-state index contributed by atoms with van der Waals surface area (Å²) in [4.78, 5) is 15.5. The topological polar surface area (TPSA) is 110 Å². The predicted molar refractivity (Wildman–Crippen MR) is 99.7 cm³/mol. The van der Waals surface area contributed by atoms with E-state index in [0.717, 1.165) is 11.4 Å². The Hall–Kier alpha value is -3.88. The Morgan fingerprint density at radius 3 is 2.52 bits per heavy atom.